The molecule has 0 spiro atoms. The summed E-state index contributed by atoms with van der Waals surface area (Å²) >= 11 is 0. The number of hydrogen-bond donors (Lipinski definition) is 0. The predicted molar refractivity (Wildman–Crippen MR) is 103 cm³/mol. The summed E-state index contributed by atoms with van der Waals surface area (Å²) in [6.45, 7) is 0.410. The number of benzene rings is 2. The van der Waals surface area contributed by atoms with Crippen molar-refractivity contribution in [1.29, 1.82) is 5.26 Å². The van der Waals surface area contributed by atoms with Crippen molar-refractivity contribution in [3.63, 3.8) is 0 Å². The van der Waals surface area contributed by atoms with Gasteiger partial charge in [0.15, 0.2) is 5.82 Å². The van der Waals surface area contributed by atoms with E-state index in [0.29, 0.717) is 25.2 Å². The SMILES string of the molecule is N#CCCCn1nc(-n2c(-c3ccccc3)nc3ccccc32)ccc1=O. The molecule has 0 amide bonds. The molecule has 0 unspecified atom stereocenters. The van der Waals surface area contributed by atoms with Crippen LogP contribution < -0.4 is 5.56 Å². The van der Waals surface area contributed by atoms with Crippen molar-refractivity contribution in [1.82, 2.24) is 19.3 Å². The smallest absolute Gasteiger partial charge is 0.266 e. The Morgan fingerprint density at radius 1 is 0.963 bits per heavy atom. The fourth-order valence-corrected chi connectivity index (χ4v) is 3.06. The van der Waals surface area contributed by atoms with Gasteiger partial charge in [-0.15, -0.1) is 0 Å². The van der Waals surface area contributed by atoms with E-state index in [0.717, 1.165) is 22.4 Å². The van der Waals surface area contributed by atoms with E-state index in [4.69, 9.17) is 10.2 Å². The first-order chi connectivity index (χ1) is 13.3. The highest BCUT2D eigenvalue weighted by Crippen LogP contribution is 2.27. The first-order valence-electron chi connectivity index (χ1n) is 8.76. The monoisotopic (exact) mass is 355 g/mol. The molecule has 0 atom stereocenters. The van der Waals surface area contributed by atoms with E-state index < -0.39 is 0 Å². The number of aromatic nitrogens is 4. The molecule has 0 saturated heterocycles. The van der Waals surface area contributed by atoms with Crippen molar-refractivity contribution in [2.45, 2.75) is 19.4 Å². The highest BCUT2D eigenvalue weighted by Gasteiger charge is 2.15. The van der Waals surface area contributed by atoms with E-state index in [1.54, 1.807) is 6.07 Å². The summed E-state index contributed by atoms with van der Waals surface area (Å²) in [5, 5.41) is 13.3. The van der Waals surface area contributed by atoms with Crippen molar-refractivity contribution in [2.24, 2.45) is 0 Å². The maximum absolute atomic E-state index is 12.1. The zero-order valence-corrected chi connectivity index (χ0v) is 14.6. The van der Waals surface area contributed by atoms with E-state index in [-0.39, 0.29) is 5.56 Å². The van der Waals surface area contributed by atoms with Crippen LogP contribution in [0.2, 0.25) is 0 Å². The van der Waals surface area contributed by atoms with Crippen LogP contribution in [0.25, 0.3) is 28.2 Å². The summed E-state index contributed by atoms with van der Waals surface area (Å²) in [7, 11) is 0. The summed E-state index contributed by atoms with van der Waals surface area (Å²) in [6.07, 6.45) is 0.977. The summed E-state index contributed by atoms with van der Waals surface area (Å²) in [4.78, 5) is 16.9. The molecule has 0 bridgehead atoms. The van der Waals surface area contributed by atoms with Gasteiger partial charge in [0.05, 0.1) is 17.1 Å². The van der Waals surface area contributed by atoms with Gasteiger partial charge in [0, 0.05) is 24.6 Å². The minimum atomic E-state index is -0.178. The molecular weight excluding hydrogens is 338 g/mol. The summed E-state index contributed by atoms with van der Waals surface area (Å²) in [5.41, 5.74) is 2.58. The largest absolute Gasteiger partial charge is 0.275 e. The molecular formula is C21H17N5O. The van der Waals surface area contributed by atoms with Crippen molar-refractivity contribution >= 4 is 11.0 Å². The topological polar surface area (TPSA) is 76.5 Å². The molecule has 0 aliphatic rings. The lowest BCUT2D eigenvalue weighted by Crippen LogP contribution is -2.23. The molecule has 0 radical (unpaired) electrons. The molecule has 27 heavy (non-hydrogen) atoms. The number of aryl methyl sites for hydroxylation is 1. The average molecular weight is 355 g/mol. The average Bonchev–Trinajstić information content (AvgIpc) is 3.10. The minimum absolute atomic E-state index is 0.178. The number of hydrogen-bond acceptors (Lipinski definition) is 4. The predicted octanol–water partition coefficient (Wildman–Crippen LogP) is 3.55. The summed E-state index contributed by atoms with van der Waals surface area (Å²) in [6, 6.07) is 23.1. The molecule has 2 heterocycles. The lowest BCUT2D eigenvalue weighted by Gasteiger charge is -2.11. The second-order valence-electron chi connectivity index (χ2n) is 6.14. The molecule has 2 aromatic carbocycles. The van der Waals surface area contributed by atoms with Crippen LogP contribution in [0.4, 0.5) is 0 Å². The highest BCUT2D eigenvalue weighted by molar-refractivity contribution is 5.82. The van der Waals surface area contributed by atoms with Crippen molar-refractivity contribution in [2.75, 3.05) is 0 Å². The standard InChI is InChI=1S/C21H17N5O/c22-14-6-7-15-25-20(27)13-12-19(24-25)26-18-11-5-4-10-17(18)23-21(26)16-8-2-1-3-9-16/h1-5,8-13H,6-7,15H2. The van der Waals surface area contributed by atoms with Crippen LogP contribution in [0.15, 0.2) is 71.5 Å². The normalized spacial score (nSPS) is 10.8. The van der Waals surface area contributed by atoms with Crippen LogP contribution in [0.3, 0.4) is 0 Å². The number of fused-ring (bicyclic) bond motifs is 1. The minimum Gasteiger partial charge on any atom is -0.275 e. The third-order valence-electron chi connectivity index (χ3n) is 4.33. The second kappa shape index (κ2) is 7.26. The van der Waals surface area contributed by atoms with Gasteiger partial charge < -0.3 is 0 Å². The Balaban J connectivity index is 1.90. The quantitative estimate of drug-likeness (QED) is 0.513. The van der Waals surface area contributed by atoms with Gasteiger partial charge in [0.1, 0.15) is 5.82 Å². The third-order valence-corrected chi connectivity index (χ3v) is 4.33. The van der Waals surface area contributed by atoms with Gasteiger partial charge in [-0.25, -0.2) is 9.67 Å². The lowest BCUT2D eigenvalue weighted by molar-refractivity contribution is 0.549. The number of unbranched alkanes of at least 4 members (excludes halogenated alkanes) is 1. The van der Waals surface area contributed by atoms with Crippen molar-refractivity contribution in [3.8, 4) is 23.3 Å². The number of para-hydroxylation sites is 2. The fraction of sp³-hybridized carbons (Fsp3) is 0.143. The molecule has 0 aliphatic carbocycles. The van der Waals surface area contributed by atoms with Crippen molar-refractivity contribution < 1.29 is 0 Å². The van der Waals surface area contributed by atoms with Crippen LogP contribution >= 0.6 is 0 Å². The fourth-order valence-electron chi connectivity index (χ4n) is 3.06. The number of nitriles is 1. The Morgan fingerprint density at radius 3 is 2.56 bits per heavy atom. The zero-order chi connectivity index (χ0) is 18.6. The van der Waals surface area contributed by atoms with E-state index >= 15 is 0 Å². The van der Waals surface area contributed by atoms with Gasteiger partial charge >= 0.3 is 0 Å². The molecule has 0 aliphatic heterocycles. The molecule has 6 nitrogen and oxygen atoms in total. The Hall–Kier alpha value is -3.72. The summed E-state index contributed by atoms with van der Waals surface area (Å²) < 4.78 is 3.38. The van der Waals surface area contributed by atoms with Gasteiger partial charge in [0.25, 0.3) is 5.56 Å². The molecule has 4 aromatic rings. The third kappa shape index (κ3) is 3.23. The van der Waals surface area contributed by atoms with Gasteiger partial charge in [-0.1, -0.05) is 42.5 Å². The Labute approximate surface area is 155 Å². The molecule has 4 rings (SSSR count). The number of imidazole rings is 1. The van der Waals surface area contributed by atoms with E-state index in [1.165, 1.54) is 10.7 Å². The first-order valence-corrected chi connectivity index (χ1v) is 8.76. The van der Waals surface area contributed by atoms with Gasteiger partial charge in [-0.05, 0) is 24.6 Å². The van der Waals surface area contributed by atoms with Crippen LogP contribution in [0.1, 0.15) is 12.8 Å². The van der Waals surface area contributed by atoms with Crippen LogP contribution in [0, 0.1) is 11.3 Å². The lowest BCUT2D eigenvalue weighted by atomic mass is 10.2. The molecule has 0 saturated carbocycles. The van der Waals surface area contributed by atoms with Gasteiger partial charge in [-0.2, -0.15) is 10.4 Å². The second-order valence-corrected chi connectivity index (χ2v) is 6.14. The Morgan fingerprint density at radius 2 is 1.74 bits per heavy atom. The van der Waals surface area contributed by atoms with Gasteiger partial charge in [0.2, 0.25) is 0 Å². The molecule has 2 aromatic heterocycles. The number of rotatable bonds is 5. The zero-order valence-electron chi connectivity index (χ0n) is 14.6. The van der Waals surface area contributed by atoms with Gasteiger partial charge in [-0.3, -0.25) is 9.36 Å². The van der Waals surface area contributed by atoms with Crippen LogP contribution in [0.5, 0.6) is 0 Å². The van der Waals surface area contributed by atoms with E-state index in [1.807, 2.05) is 59.2 Å². The van der Waals surface area contributed by atoms with Crippen molar-refractivity contribution in [3.05, 3.63) is 77.1 Å². The molecule has 6 heteroatoms. The molecule has 0 fully saturated rings. The van der Waals surface area contributed by atoms with E-state index in [2.05, 4.69) is 11.2 Å². The van der Waals surface area contributed by atoms with Crippen LogP contribution in [-0.4, -0.2) is 19.3 Å². The first kappa shape index (κ1) is 16.7. The van der Waals surface area contributed by atoms with Crippen LogP contribution in [-0.2, 0) is 6.54 Å². The maximum atomic E-state index is 12.1. The maximum Gasteiger partial charge on any atom is 0.266 e. The Kier molecular flexibility index (Phi) is 4.50. The Bertz CT molecular complexity index is 1180. The molecule has 132 valence electrons. The highest BCUT2D eigenvalue weighted by atomic mass is 16.1. The summed E-state index contributed by atoms with van der Waals surface area (Å²) in [5.74, 6) is 1.39. The molecule has 0 N–H and O–H groups in total. The van der Waals surface area contributed by atoms with E-state index in [9.17, 15) is 4.79 Å². The number of nitrogens with zero attached hydrogens (tertiary/aromatic N) is 5.